The topological polar surface area (TPSA) is 19.7 Å². The predicted molar refractivity (Wildman–Crippen MR) is 550 cm³/mol. The maximum atomic E-state index is 7.55. The molecule has 21 aromatic carbocycles. The molecule has 0 amide bonds. The van der Waals surface area contributed by atoms with Crippen LogP contribution in [0.25, 0.3) is 202 Å². The number of para-hydroxylation sites is 4. The lowest BCUT2D eigenvalue weighted by Gasteiger charge is -2.25. The van der Waals surface area contributed by atoms with Crippen LogP contribution in [0.4, 0.5) is 39.8 Å². The number of benzene rings is 21. The summed E-state index contributed by atoms with van der Waals surface area (Å²) < 4.78 is 5.07. The smallest absolute Gasteiger partial charge is 0.187 e. The van der Waals surface area contributed by atoms with Gasteiger partial charge in [0, 0.05) is 88.0 Å². The molecule has 130 heavy (non-hydrogen) atoms. The van der Waals surface area contributed by atoms with Gasteiger partial charge in [-0.1, -0.05) is 289 Å². The minimum absolute atomic E-state index is 0.0510. The molecule has 0 spiro atoms. The van der Waals surface area contributed by atoms with E-state index in [0.29, 0.717) is 5.69 Å². The van der Waals surface area contributed by atoms with Gasteiger partial charge < -0.3 is 18.6 Å². The monoisotopic (exact) mass is 1650 g/mol. The van der Waals surface area contributed by atoms with E-state index in [1.807, 2.05) is 12.1 Å². The zero-order valence-corrected chi connectivity index (χ0v) is 72.2. The summed E-state index contributed by atoms with van der Waals surface area (Å²) in [5.74, 6) is 0. The molecule has 5 nitrogen and oxygen atoms in total. The molecule has 0 saturated heterocycles. The highest BCUT2D eigenvalue weighted by molar-refractivity contribution is 6.29. The SMILES string of the molecule is CC1(C)c2ccccc2-c2ccc(-c3ccc4cc5c6cc(-c7ccc(-c8ccccc8)cc7)cc7c8cc9ccc(-c%10ccc%11c(c%10)C(C)(C)c%10ccccc%10-%11)cc9cc8n(c5cc4c3)c67)cc21.[C-]#[N+]c1ccc(-c2cc3c4cc5ccc(N(c6ccccc6)c6ccccc6)cc5cc4n4c5cc6cc(N(c7ccccc7)c7ccccc7)ccc6cc5c(c2)c34)cc1. The number of hydrogen-bond acceptors (Lipinski definition) is 2. The largest absolute Gasteiger partial charge is 0.310 e. The van der Waals surface area contributed by atoms with Crippen LogP contribution in [0, 0.1) is 6.57 Å². The lowest BCUT2D eigenvalue weighted by Crippen LogP contribution is -2.14. The van der Waals surface area contributed by atoms with Gasteiger partial charge >= 0.3 is 0 Å². The van der Waals surface area contributed by atoms with Crippen molar-refractivity contribution in [1.82, 2.24) is 8.80 Å². The van der Waals surface area contributed by atoms with E-state index in [0.717, 1.165) is 45.3 Å². The first-order valence-corrected chi connectivity index (χ1v) is 45.1. The van der Waals surface area contributed by atoms with Crippen molar-refractivity contribution in [2.45, 2.75) is 38.5 Å². The third-order valence-electron chi connectivity index (χ3n) is 28.6. The standard InChI is InChI=1S/C68H47N.C57H36N4/c1-67(2)60-16-10-8-14-52(60)54-28-26-47(36-62(54)67)43-22-24-45-32-56-58-34-51(42-20-18-41(19-21-42)40-12-6-5-7-13-40)35-59-57-33-46-25-23-44(31-50(46)39-65(57)69(66(58)59)64(56)38-49(45)30-43)48-27-29-55-53-15-9-11-17-61(53)68(3,4)63(55)37-48;1-58-44-26-22-38(23-27-44)43-34-53-51-32-39-24-28-49(59(45-14-6-2-7-15-45)46-16-8-3-9-17-46)30-41(39)36-55(51)61-56-37-42-31-50(29-25-40(42)33-52(56)54(35-43)57(53)61)60(47-18-10-4-11-19-47)48-20-12-5-13-21-48/h5-39H,1-4H3;2-37H. The molecule has 4 heterocycles. The molecule has 608 valence electrons. The molecular weight excluding hydrogens is 1570 g/mol. The Bertz CT molecular complexity index is 8490. The minimum atomic E-state index is -0.0510. The van der Waals surface area contributed by atoms with Crippen LogP contribution in [-0.2, 0) is 10.8 Å². The van der Waals surface area contributed by atoms with Gasteiger partial charge in [0.05, 0.1) is 39.7 Å². The van der Waals surface area contributed by atoms with E-state index in [1.165, 1.54) is 208 Å². The second-order valence-corrected chi connectivity index (χ2v) is 36.7. The fourth-order valence-electron chi connectivity index (χ4n) is 22.2. The summed E-state index contributed by atoms with van der Waals surface area (Å²) in [5.41, 5.74) is 37.8. The van der Waals surface area contributed by atoms with Crippen LogP contribution < -0.4 is 9.80 Å². The molecule has 2 aliphatic carbocycles. The van der Waals surface area contributed by atoms with Gasteiger partial charge in [0.25, 0.3) is 0 Å². The Morgan fingerprint density at radius 3 is 0.838 bits per heavy atom. The van der Waals surface area contributed by atoms with Gasteiger partial charge in [0.15, 0.2) is 5.69 Å². The number of nitrogens with zero attached hydrogens (tertiary/aromatic N) is 5. The maximum absolute atomic E-state index is 7.55. The first kappa shape index (κ1) is 74.7. The van der Waals surface area contributed by atoms with E-state index in [-0.39, 0.29) is 10.8 Å². The first-order chi connectivity index (χ1) is 63.8. The van der Waals surface area contributed by atoms with Gasteiger partial charge in [-0.3, -0.25) is 0 Å². The van der Waals surface area contributed by atoms with E-state index in [9.17, 15) is 0 Å². The number of hydrogen-bond donors (Lipinski definition) is 0. The van der Waals surface area contributed by atoms with Crippen molar-refractivity contribution < 1.29 is 0 Å². The highest BCUT2D eigenvalue weighted by Crippen LogP contribution is 2.54. The van der Waals surface area contributed by atoms with Gasteiger partial charge in [-0.25, -0.2) is 4.85 Å². The molecule has 0 radical (unpaired) electrons. The molecular formula is C125H83N5. The fourth-order valence-corrected chi connectivity index (χ4v) is 22.2. The first-order valence-electron chi connectivity index (χ1n) is 45.1. The number of anilines is 6. The molecule has 25 aromatic rings. The lowest BCUT2D eigenvalue weighted by molar-refractivity contribution is 0.660. The Morgan fingerprint density at radius 1 is 0.200 bits per heavy atom. The Hall–Kier alpha value is -16.7. The van der Waals surface area contributed by atoms with Crippen molar-refractivity contribution in [3.05, 3.63) is 464 Å². The minimum Gasteiger partial charge on any atom is -0.310 e. The zero-order chi connectivity index (χ0) is 86.4. The Balaban J connectivity index is 0.000000138. The average Bonchev–Trinajstić information content (AvgIpc) is 1.53. The van der Waals surface area contributed by atoms with Crippen molar-refractivity contribution in [1.29, 1.82) is 0 Å². The van der Waals surface area contributed by atoms with Gasteiger partial charge in [-0.05, 0) is 313 Å². The van der Waals surface area contributed by atoms with Crippen LogP contribution >= 0.6 is 0 Å². The molecule has 0 atom stereocenters. The molecule has 27 rings (SSSR count). The van der Waals surface area contributed by atoms with E-state index in [2.05, 4.69) is 470 Å². The van der Waals surface area contributed by atoms with Crippen molar-refractivity contribution in [2.75, 3.05) is 9.80 Å². The molecule has 5 heteroatoms. The summed E-state index contributed by atoms with van der Waals surface area (Å²) in [6.07, 6.45) is 0. The molecule has 2 aliphatic rings. The molecule has 0 N–H and O–H groups in total. The van der Waals surface area contributed by atoms with Crippen molar-refractivity contribution >= 4 is 159 Å². The summed E-state index contributed by atoms with van der Waals surface area (Å²) in [6, 6.07) is 159. The van der Waals surface area contributed by atoms with Gasteiger partial charge in [-0.2, -0.15) is 0 Å². The Labute approximate surface area is 753 Å². The molecule has 0 aliphatic heterocycles. The van der Waals surface area contributed by atoms with Gasteiger partial charge in [-0.15, -0.1) is 0 Å². The average molecular weight is 1660 g/mol. The summed E-state index contributed by atoms with van der Waals surface area (Å²) in [7, 11) is 0. The van der Waals surface area contributed by atoms with E-state index in [4.69, 9.17) is 6.57 Å². The quantitative estimate of drug-likeness (QED) is 0.120. The predicted octanol–water partition coefficient (Wildman–Crippen LogP) is 34.7. The van der Waals surface area contributed by atoms with E-state index < -0.39 is 0 Å². The van der Waals surface area contributed by atoms with Crippen molar-refractivity contribution in [3.8, 4) is 77.9 Å². The molecule has 0 saturated carbocycles. The second-order valence-electron chi connectivity index (χ2n) is 36.7. The summed E-state index contributed by atoms with van der Waals surface area (Å²) in [5, 5.41) is 19.8. The van der Waals surface area contributed by atoms with E-state index >= 15 is 0 Å². The summed E-state index contributed by atoms with van der Waals surface area (Å²) in [4.78, 5) is 8.32. The van der Waals surface area contributed by atoms with Crippen molar-refractivity contribution in [2.24, 2.45) is 0 Å². The second kappa shape index (κ2) is 28.7. The normalized spacial score (nSPS) is 13.0. The summed E-state index contributed by atoms with van der Waals surface area (Å²) >= 11 is 0. The van der Waals surface area contributed by atoms with Gasteiger partial charge in [0.1, 0.15) is 0 Å². The fraction of sp³-hybridized carbons (Fsp3) is 0.0480. The summed E-state index contributed by atoms with van der Waals surface area (Å²) in [6.45, 7) is 17.0. The Kier molecular flexibility index (Phi) is 16.5. The maximum Gasteiger partial charge on any atom is 0.187 e. The molecule has 0 bridgehead atoms. The van der Waals surface area contributed by atoms with E-state index in [1.54, 1.807) is 0 Å². The molecule has 0 fully saturated rings. The van der Waals surface area contributed by atoms with Crippen LogP contribution in [0.2, 0.25) is 0 Å². The highest BCUT2D eigenvalue weighted by atomic mass is 15.1. The van der Waals surface area contributed by atoms with Crippen LogP contribution in [0.3, 0.4) is 0 Å². The molecule has 4 aromatic heterocycles. The van der Waals surface area contributed by atoms with Gasteiger partial charge in [0.2, 0.25) is 0 Å². The third-order valence-corrected chi connectivity index (χ3v) is 28.6. The number of rotatable bonds is 11. The Morgan fingerprint density at radius 2 is 0.477 bits per heavy atom. The van der Waals surface area contributed by atoms with Crippen LogP contribution in [0.1, 0.15) is 49.9 Å². The lowest BCUT2D eigenvalue weighted by atomic mass is 9.81. The van der Waals surface area contributed by atoms with Crippen LogP contribution in [-0.4, -0.2) is 8.80 Å². The van der Waals surface area contributed by atoms with Crippen molar-refractivity contribution in [3.63, 3.8) is 0 Å². The number of aromatic nitrogens is 2. The van der Waals surface area contributed by atoms with Crippen LogP contribution in [0.5, 0.6) is 0 Å². The number of fused-ring (bicyclic) bond motifs is 22. The van der Waals surface area contributed by atoms with Crippen LogP contribution in [0.15, 0.2) is 431 Å². The zero-order valence-electron chi connectivity index (χ0n) is 72.2. The molecule has 0 unspecified atom stereocenters. The third kappa shape index (κ3) is 11.6. The highest BCUT2D eigenvalue weighted by Gasteiger charge is 2.37.